The molecule has 1 N–H and O–H groups in total. The highest BCUT2D eigenvalue weighted by Crippen LogP contribution is 2.36. The normalized spacial score (nSPS) is 27.8. The Bertz CT molecular complexity index is 264. The molecule has 1 saturated carbocycles. The van der Waals surface area contributed by atoms with Crippen molar-refractivity contribution in [1.82, 2.24) is 5.32 Å². The van der Waals surface area contributed by atoms with E-state index in [4.69, 9.17) is 0 Å². The smallest absolute Gasteiger partial charge is 0.157 e. The zero-order valence-electron chi connectivity index (χ0n) is 10.8. The van der Waals surface area contributed by atoms with E-state index in [0.29, 0.717) is 5.54 Å². The summed E-state index contributed by atoms with van der Waals surface area (Å²) in [4.78, 5) is 4.65. The Morgan fingerprint density at radius 1 is 1.50 bits per heavy atom. The molecule has 0 amide bonds. The summed E-state index contributed by atoms with van der Waals surface area (Å²) in [7, 11) is 0. The SMILES string of the molecule is CCC1(NC2=NCC(CC(C)C)S2)CCC1. The largest absolute Gasteiger partial charge is 0.359 e. The lowest BCUT2D eigenvalue weighted by Crippen LogP contribution is -2.52. The zero-order chi connectivity index (χ0) is 11.6. The number of thioether (sulfide) groups is 1. The Morgan fingerprint density at radius 3 is 2.75 bits per heavy atom. The van der Waals surface area contributed by atoms with Crippen LogP contribution in [-0.2, 0) is 0 Å². The topological polar surface area (TPSA) is 24.4 Å². The molecule has 1 fully saturated rings. The average Bonchev–Trinajstić information content (AvgIpc) is 2.58. The van der Waals surface area contributed by atoms with E-state index in [1.54, 1.807) is 0 Å². The van der Waals surface area contributed by atoms with Gasteiger partial charge in [-0.25, -0.2) is 0 Å². The van der Waals surface area contributed by atoms with Gasteiger partial charge in [-0.1, -0.05) is 32.5 Å². The molecule has 1 heterocycles. The molecule has 1 aliphatic heterocycles. The first kappa shape index (κ1) is 12.3. The van der Waals surface area contributed by atoms with Gasteiger partial charge in [0.05, 0.1) is 6.54 Å². The van der Waals surface area contributed by atoms with E-state index in [2.05, 4.69) is 31.1 Å². The van der Waals surface area contributed by atoms with Crippen molar-refractivity contribution >= 4 is 16.9 Å². The third-order valence-electron chi connectivity index (χ3n) is 3.81. The summed E-state index contributed by atoms with van der Waals surface area (Å²) in [5, 5.41) is 5.63. The fourth-order valence-electron chi connectivity index (χ4n) is 2.53. The van der Waals surface area contributed by atoms with Crippen molar-refractivity contribution in [3.05, 3.63) is 0 Å². The molecule has 2 nitrogen and oxygen atoms in total. The van der Waals surface area contributed by atoms with Gasteiger partial charge in [0.25, 0.3) is 0 Å². The minimum absolute atomic E-state index is 0.401. The van der Waals surface area contributed by atoms with Crippen LogP contribution in [-0.4, -0.2) is 22.5 Å². The van der Waals surface area contributed by atoms with E-state index in [1.807, 2.05) is 11.8 Å². The number of nitrogens with one attached hydrogen (secondary N) is 1. The number of amidine groups is 1. The fourth-order valence-corrected chi connectivity index (χ4v) is 3.90. The van der Waals surface area contributed by atoms with Gasteiger partial charge in [-0.15, -0.1) is 0 Å². The number of nitrogens with zero attached hydrogens (tertiary/aromatic N) is 1. The molecule has 0 spiro atoms. The maximum Gasteiger partial charge on any atom is 0.157 e. The number of aliphatic imine (C=N–C) groups is 1. The van der Waals surface area contributed by atoms with Crippen LogP contribution in [0.25, 0.3) is 0 Å². The van der Waals surface area contributed by atoms with Gasteiger partial charge < -0.3 is 5.32 Å². The van der Waals surface area contributed by atoms with Crippen LogP contribution in [0, 0.1) is 5.92 Å². The molecule has 3 heteroatoms. The molecule has 1 aliphatic carbocycles. The van der Waals surface area contributed by atoms with Crippen LogP contribution in [0.15, 0.2) is 4.99 Å². The fraction of sp³-hybridized carbons (Fsp3) is 0.923. The minimum Gasteiger partial charge on any atom is -0.359 e. The Balaban J connectivity index is 1.80. The van der Waals surface area contributed by atoms with Gasteiger partial charge in [-0.05, 0) is 38.0 Å². The first-order chi connectivity index (χ1) is 7.63. The highest BCUT2D eigenvalue weighted by atomic mass is 32.2. The van der Waals surface area contributed by atoms with Crippen LogP contribution in [0.5, 0.6) is 0 Å². The maximum absolute atomic E-state index is 4.65. The highest BCUT2D eigenvalue weighted by Gasteiger charge is 2.37. The van der Waals surface area contributed by atoms with Crippen molar-refractivity contribution < 1.29 is 0 Å². The van der Waals surface area contributed by atoms with Gasteiger partial charge in [-0.3, -0.25) is 4.99 Å². The van der Waals surface area contributed by atoms with Gasteiger partial charge in [0, 0.05) is 10.8 Å². The van der Waals surface area contributed by atoms with Crippen LogP contribution in [0.1, 0.15) is 52.9 Å². The molecule has 92 valence electrons. The van der Waals surface area contributed by atoms with Crippen molar-refractivity contribution in [3.8, 4) is 0 Å². The van der Waals surface area contributed by atoms with Gasteiger partial charge in [0.2, 0.25) is 0 Å². The standard InChI is InChI=1S/C13H24N2S/c1-4-13(6-5-7-13)15-12-14-9-11(16-12)8-10(2)3/h10-11H,4-9H2,1-3H3,(H,14,15). The second-order valence-electron chi connectivity index (χ2n) is 5.63. The van der Waals surface area contributed by atoms with Crippen LogP contribution in [0.3, 0.4) is 0 Å². The highest BCUT2D eigenvalue weighted by molar-refractivity contribution is 8.14. The van der Waals surface area contributed by atoms with Crippen LogP contribution < -0.4 is 5.32 Å². The van der Waals surface area contributed by atoms with Crippen LogP contribution in [0.4, 0.5) is 0 Å². The summed E-state index contributed by atoms with van der Waals surface area (Å²) < 4.78 is 0. The van der Waals surface area contributed by atoms with Crippen LogP contribution >= 0.6 is 11.8 Å². The summed E-state index contributed by atoms with van der Waals surface area (Å²) in [5.41, 5.74) is 0.401. The van der Waals surface area contributed by atoms with Crippen molar-refractivity contribution in [2.75, 3.05) is 6.54 Å². The Morgan fingerprint density at radius 2 is 2.25 bits per heavy atom. The third-order valence-corrected chi connectivity index (χ3v) is 4.94. The zero-order valence-corrected chi connectivity index (χ0v) is 11.6. The summed E-state index contributed by atoms with van der Waals surface area (Å²) >= 11 is 1.97. The number of rotatable bonds is 4. The van der Waals surface area contributed by atoms with Gasteiger partial charge in [-0.2, -0.15) is 0 Å². The van der Waals surface area contributed by atoms with E-state index in [0.717, 1.165) is 17.7 Å². The van der Waals surface area contributed by atoms with Crippen molar-refractivity contribution in [2.24, 2.45) is 10.9 Å². The third kappa shape index (κ3) is 2.73. The summed E-state index contributed by atoms with van der Waals surface area (Å²) in [5.74, 6) is 0.788. The average molecular weight is 240 g/mol. The van der Waals surface area contributed by atoms with Gasteiger partial charge in [0.1, 0.15) is 0 Å². The molecule has 2 aliphatic rings. The first-order valence-corrected chi connectivity index (χ1v) is 7.51. The molecular formula is C13H24N2S. The predicted octanol–water partition coefficient (Wildman–Crippen LogP) is 3.43. The molecule has 0 bridgehead atoms. The van der Waals surface area contributed by atoms with E-state index in [9.17, 15) is 0 Å². The summed E-state index contributed by atoms with van der Waals surface area (Å²) in [6, 6.07) is 0. The molecule has 0 aromatic heterocycles. The van der Waals surface area contributed by atoms with Gasteiger partial charge in [0.15, 0.2) is 5.17 Å². The lowest BCUT2D eigenvalue weighted by Gasteiger charge is -2.42. The van der Waals surface area contributed by atoms with Crippen LogP contribution in [0.2, 0.25) is 0 Å². The molecule has 0 aromatic rings. The first-order valence-electron chi connectivity index (χ1n) is 6.63. The van der Waals surface area contributed by atoms with Crippen molar-refractivity contribution in [3.63, 3.8) is 0 Å². The molecule has 0 aromatic carbocycles. The van der Waals surface area contributed by atoms with Crippen molar-refractivity contribution in [1.29, 1.82) is 0 Å². The lowest BCUT2D eigenvalue weighted by molar-refractivity contribution is 0.211. The monoisotopic (exact) mass is 240 g/mol. The Hall–Kier alpha value is -0.180. The maximum atomic E-state index is 4.65. The van der Waals surface area contributed by atoms with Crippen molar-refractivity contribution in [2.45, 2.75) is 63.7 Å². The molecule has 16 heavy (non-hydrogen) atoms. The Labute approximate surface area is 104 Å². The molecule has 0 radical (unpaired) electrons. The number of hydrogen-bond donors (Lipinski definition) is 1. The number of hydrogen-bond acceptors (Lipinski definition) is 3. The summed E-state index contributed by atoms with van der Waals surface area (Å²) in [6.45, 7) is 7.90. The van der Waals surface area contributed by atoms with E-state index < -0.39 is 0 Å². The van der Waals surface area contributed by atoms with E-state index >= 15 is 0 Å². The Kier molecular flexibility index (Phi) is 3.83. The summed E-state index contributed by atoms with van der Waals surface area (Å²) in [6.07, 6.45) is 6.57. The second kappa shape index (κ2) is 4.99. The minimum atomic E-state index is 0.401. The molecule has 0 saturated heterocycles. The molecule has 1 unspecified atom stereocenters. The van der Waals surface area contributed by atoms with E-state index in [1.165, 1.54) is 37.3 Å². The lowest BCUT2D eigenvalue weighted by atomic mass is 9.75. The van der Waals surface area contributed by atoms with E-state index in [-0.39, 0.29) is 0 Å². The molecule has 1 atom stereocenters. The predicted molar refractivity (Wildman–Crippen MR) is 73.1 cm³/mol. The molecule has 2 rings (SSSR count). The second-order valence-corrected chi connectivity index (χ2v) is 6.92. The molecular weight excluding hydrogens is 216 g/mol. The quantitative estimate of drug-likeness (QED) is 0.814. The van der Waals surface area contributed by atoms with Gasteiger partial charge >= 0.3 is 0 Å².